The molecule has 0 aliphatic carbocycles. The summed E-state index contributed by atoms with van der Waals surface area (Å²) >= 11 is 1.47. The SMILES string of the molecule is CC1(C)SCCN(S(=O)(=O)c2ccc(-c3ccc(CNCCO)cc3)cc2)[C@H]1C(=O)O. The van der Waals surface area contributed by atoms with E-state index < -0.39 is 26.8 Å². The molecule has 0 spiro atoms. The Labute approximate surface area is 187 Å². The Kier molecular flexibility index (Phi) is 7.43. The Morgan fingerprint density at radius 1 is 1.13 bits per heavy atom. The van der Waals surface area contributed by atoms with Crippen molar-refractivity contribution in [2.75, 3.05) is 25.4 Å². The van der Waals surface area contributed by atoms with Crippen molar-refractivity contribution in [1.82, 2.24) is 9.62 Å². The minimum Gasteiger partial charge on any atom is -0.480 e. The van der Waals surface area contributed by atoms with Crippen molar-refractivity contribution >= 4 is 27.8 Å². The Morgan fingerprint density at radius 3 is 2.26 bits per heavy atom. The molecule has 0 bridgehead atoms. The van der Waals surface area contributed by atoms with Crippen molar-refractivity contribution in [3.63, 3.8) is 0 Å². The third-order valence-electron chi connectivity index (χ3n) is 5.33. The van der Waals surface area contributed by atoms with Gasteiger partial charge in [-0.1, -0.05) is 36.4 Å². The number of hydrogen-bond acceptors (Lipinski definition) is 6. The molecule has 0 aromatic heterocycles. The van der Waals surface area contributed by atoms with E-state index in [-0.39, 0.29) is 18.0 Å². The molecule has 7 nitrogen and oxygen atoms in total. The maximum atomic E-state index is 13.2. The molecule has 3 rings (SSSR count). The van der Waals surface area contributed by atoms with Gasteiger partial charge in [-0.25, -0.2) is 8.42 Å². The number of carboxylic acids is 1. The second kappa shape index (κ2) is 9.70. The van der Waals surface area contributed by atoms with E-state index in [1.165, 1.54) is 23.9 Å². The van der Waals surface area contributed by atoms with Gasteiger partial charge in [-0.15, -0.1) is 0 Å². The molecule has 168 valence electrons. The Balaban J connectivity index is 1.81. The molecule has 0 amide bonds. The van der Waals surface area contributed by atoms with Crippen LogP contribution in [0.4, 0.5) is 0 Å². The van der Waals surface area contributed by atoms with Crippen LogP contribution in [0.1, 0.15) is 19.4 Å². The van der Waals surface area contributed by atoms with E-state index in [1.54, 1.807) is 26.0 Å². The maximum absolute atomic E-state index is 13.2. The largest absolute Gasteiger partial charge is 0.480 e. The van der Waals surface area contributed by atoms with E-state index in [2.05, 4.69) is 5.32 Å². The van der Waals surface area contributed by atoms with Gasteiger partial charge in [-0.05, 0) is 42.7 Å². The number of rotatable bonds is 8. The van der Waals surface area contributed by atoms with E-state index in [1.807, 2.05) is 24.3 Å². The molecule has 1 fully saturated rings. The van der Waals surface area contributed by atoms with Crippen LogP contribution in [0.3, 0.4) is 0 Å². The Bertz CT molecular complexity index is 1010. The van der Waals surface area contributed by atoms with Crippen molar-refractivity contribution in [2.45, 2.75) is 36.1 Å². The first-order valence-electron chi connectivity index (χ1n) is 10.1. The molecule has 31 heavy (non-hydrogen) atoms. The molecule has 1 heterocycles. The third kappa shape index (κ3) is 5.30. The van der Waals surface area contributed by atoms with Crippen molar-refractivity contribution in [3.8, 4) is 11.1 Å². The molecule has 1 saturated heterocycles. The van der Waals surface area contributed by atoms with Crippen molar-refractivity contribution in [1.29, 1.82) is 0 Å². The van der Waals surface area contributed by atoms with Gasteiger partial charge in [0.2, 0.25) is 10.0 Å². The van der Waals surface area contributed by atoms with Gasteiger partial charge in [0.15, 0.2) is 0 Å². The predicted molar refractivity (Wildman–Crippen MR) is 123 cm³/mol. The lowest BCUT2D eigenvalue weighted by Crippen LogP contribution is -2.58. The summed E-state index contributed by atoms with van der Waals surface area (Å²) in [6.45, 7) is 4.99. The quantitative estimate of drug-likeness (QED) is 0.515. The summed E-state index contributed by atoms with van der Waals surface area (Å²) in [6, 6.07) is 13.3. The number of nitrogens with zero attached hydrogens (tertiary/aromatic N) is 1. The number of benzene rings is 2. The number of carboxylic acid groups (broad SMARTS) is 1. The second-order valence-electron chi connectivity index (χ2n) is 7.93. The smallest absolute Gasteiger partial charge is 0.323 e. The molecule has 0 radical (unpaired) electrons. The summed E-state index contributed by atoms with van der Waals surface area (Å²) in [7, 11) is -3.94. The standard InChI is InChI=1S/C22H28N2O5S2/c1-22(2)20(21(26)27)24(12-14-30-22)31(28,29)19-9-7-18(8-10-19)17-5-3-16(4-6-17)15-23-11-13-25/h3-10,20,23,25H,11-15H2,1-2H3,(H,26,27)/t20-/m0/s1. The Hall–Kier alpha value is -1.91. The van der Waals surface area contributed by atoms with E-state index in [9.17, 15) is 18.3 Å². The molecule has 0 unspecified atom stereocenters. The zero-order chi connectivity index (χ0) is 22.6. The molecule has 1 aliphatic heterocycles. The number of sulfonamides is 1. The number of aliphatic hydroxyl groups is 1. The summed E-state index contributed by atoms with van der Waals surface area (Å²) in [5, 5.41) is 21.6. The zero-order valence-electron chi connectivity index (χ0n) is 17.6. The van der Waals surface area contributed by atoms with Gasteiger partial charge in [0.05, 0.1) is 11.5 Å². The van der Waals surface area contributed by atoms with Crippen molar-refractivity contribution in [3.05, 3.63) is 54.1 Å². The normalized spacial score (nSPS) is 19.3. The highest BCUT2D eigenvalue weighted by Gasteiger charge is 2.48. The van der Waals surface area contributed by atoms with Crippen LogP contribution in [0.5, 0.6) is 0 Å². The highest BCUT2D eigenvalue weighted by atomic mass is 32.2. The van der Waals surface area contributed by atoms with E-state index in [0.29, 0.717) is 18.8 Å². The number of thioether (sulfide) groups is 1. The number of carbonyl (C=O) groups is 1. The predicted octanol–water partition coefficient (Wildman–Crippen LogP) is 2.40. The van der Waals surface area contributed by atoms with Crippen LogP contribution in [0.15, 0.2) is 53.4 Å². The molecular formula is C22H28N2O5S2. The number of nitrogens with one attached hydrogen (secondary N) is 1. The van der Waals surface area contributed by atoms with Crippen molar-refractivity contribution < 1.29 is 23.4 Å². The first-order valence-corrected chi connectivity index (χ1v) is 12.5. The van der Waals surface area contributed by atoms with Gasteiger partial charge in [-0.3, -0.25) is 4.79 Å². The summed E-state index contributed by atoms with van der Waals surface area (Å²) < 4.78 is 26.9. The first-order chi connectivity index (χ1) is 14.7. The van der Waals surface area contributed by atoms with Crippen LogP contribution >= 0.6 is 11.8 Å². The molecule has 1 aliphatic rings. The van der Waals surface area contributed by atoms with Crippen LogP contribution in [0.25, 0.3) is 11.1 Å². The van der Waals surface area contributed by atoms with Crippen molar-refractivity contribution in [2.24, 2.45) is 0 Å². The molecule has 9 heteroatoms. The molecule has 0 saturated carbocycles. The molecular weight excluding hydrogens is 436 g/mol. The summed E-state index contributed by atoms with van der Waals surface area (Å²) in [5.41, 5.74) is 2.91. The molecule has 3 N–H and O–H groups in total. The number of aliphatic hydroxyl groups excluding tert-OH is 1. The minimum absolute atomic E-state index is 0.0916. The fraction of sp³-hybridized carbons (Fsp3) is 0.409. The molecule has 2 aromatic carbocycles. The summed E-state index contributed by atoms with van der Waals surface area (Å²) in [5.74, 6) is -0.584. The highest BCUT2D eigenvalue weighted by Crippen LogP contribution is 2.38. The summed E-state index contributed by atoms with van der Waals surface area (Å²) in [6.07, 6.45) is 0. The van der Waals surface area contributed by atoms with Crippen LogP contribution in [0, 0.1) is 0 Å². The van der Waals surface area contributed by atoms with Gasteiger partial charge in [0.25, 0.3) is 0 Å². The third-order valence-corrected chi connectivity index (χ3v) is 8.56. The fourth-order valence-electron chi connectivity index (χ4n) is 3.71. The number of hydrogen-bond donors (Lipinski definition) is 3. The maximum Gasteiger partial charge on any atom is 0.323 e. The zero-order valence-corrected chi connectivity index (χ0v) is 19.2. The fourth-order valence-corrected chi connectivity index (χ4v) is 6.81. The monoisotopic (exact) mass is 464 g/mol. The average Bonchev–Trinajstić information content (AvgIpc) is 2.73. The topological polar surface area (TPSA) is 107 Å². The highest BCUT2D eigenvalue weighted by molar-refractivity contribution is 8.00. The lowest BCUT2D eigenvalue weighted by atomic mass is 10.0. The van der Waals surface area contributed by atoms with E-state index in [4.69, 9.17) is 5.11 Å². The molecule has 1 atom stereocenters. The van der Waals surface area contributed by atoms with Gasteiger partial charge in [0.1, 0.15) is 6.04 Å². The average molecular weight is 465 g/mol. The van der Waals surface area contributed by atoms with Gasteiger partial charge in [0, 0.05) is 30.1 Å². The van der Waals surface area contributed by atoms with Crippen LogP contribution in [-0.2, 0) is 21.4 Å². The van der Waals surface area contributed by atoms with Crippen LogP contribution in [0.2, 0.25) is 0 Å². The van der Waals surface area contributed by atoms with Crippen LogP contribution < -0.4 is 5.32 Å². The van der Waals surface area contributed by atoms with Crippen LogP contribution in [-0.4, -0.2) is 65.1 Å². The minimum atomic E-state index is -3.94. The number of aliphatic carboxylic acids is 1. The van der Waals surface area contributed by atoms with E-state index in [0.717, 1.165) is 21.0 Å². The lowest BCUT2D eigenvalue weighted by molar-refractivity contribution is -0.142. The van der Waals surface area contributed by atoms with Gasteiger partial charge in [-0.2, -0.15) is 16.1 Å². The Morgan fingerprint density at radius 2 is 1.71 bits per heavy atom. The second-order valence-corrected chi connectivity index (χ2v) is 11.6. The van der Waals surface area contributed by atoms with E-state index >= 15 is 0 Å². The molecule has 2 aromatic rings. The summed E-state index contributed by atoms with van der Waals surface area (Å²) in [4.78, 5) is 12.0. The lowest BCUT2D eigenvalue weighted by Gasteiger charge is -2.42. The first kappa shape index (κ1) is 23.7. The van der Waals surface area contributed by atoms with Gasteiger partial charge >= 0.3 is 5.97 Å². The van der Waals surface area contributed by atoms with Gasteiger partial charge < -0.3 is 15.5 Å².